The molecule has 1 N–H and O–H groups in total. The Hall–Kier alpha value is -1.55. The lowest BCUT2D eigenvalue weighted by atomic mass is 10.0. The highest BCUT2D eigenvalue weighted by Gasteiger charge is 2.23. The number of hydrogen-bond donors (Lipinski definition) is 1. The molecule has 0 aliphatic carbocycles. The van der Waals surface area contributed by atoms with E-state index in [9.17, 15) is 9.59 Å². The van der Waals surface area contributed by atoms with Gasteiger partial charge < -0.3 is 9.84 Å². The summed E-state index contributed by atoms with van der Waals surface area (Å²) in [5, 5.41) is 9.40. The van der Waals surface area contributed by atoms with Crippen molar-refractivity contribution in [2.45, 2.75) is 20.8 Å². The molecule has 0 aromatic heterocycles. The zero-order valence-electron chi connectivity index (χ0n) is 9.83. The molecule has 0 radical (unpaired) electrons. The van der Waals surface area contributed by atoms with Crippen molar-refractivity contribution in [1.29, 1.82) is 0 Å². The monoisotopic (exact) mass is 256 g/mol. The summed E-state index contributed by atoms with van der Waals surface area (Å²) in [7, 11) is 0. The van der Waals surface area contributed by atoms with E-state index in [0.717, 1.165) is 0 Å². The van der Waals surface area contributed by atoms with E-state index in [2.05, 4.69) is 0 Å². The number of carboxylic acid groups (broad SMARTS) is 1. The Morgan fingerprint density at radius 1 is 1.47 bits per heavy atom. The van der Waals surface area contributed by atoms with Crippen molar-refractivity contribution in [3.05, 3.63) is 27.8 Å². The van der Waals surface area contributed by atoms with E-state index >= 15 is 0 Å². The minimum Gasteiger partial charge on any atom is -0.492 e. The maximum absolute atomic E-state index is 11.4. The van der Waals surface area contributed by atoms with Crippen LogP contribution < -0.4 is 4.74 Å². The van der Waals surface area contributed by atoms with Crippen LogP contribution in [0.4, 0.5) is 0 Å². The van der Waals surface area contributed by atoms with Crippen LogP contribution in [0.15, 0.2) is 6.07 Å². The van der Waals surface area contributed by atoms with Gasteiger partial charge in [-0.05, 0) is 32.4 Å². The number of carbonyl (C=O) groups excluding carboxylic acids is 1. The van der Waals surface area contributed by atoms with Crippen molar-refractivity contribution >= 4 is 23.4 Å². The average molecular weight is 257 g/mol. The fourth-order valence-corrected chi connectivity index (χ4v) is 1.74. The van der Waals surface area contributed by atoms with Crippen LogP contribution >= 0.6 is 11.6 Å². The summed E-state index contributed by atoms with van der Waals surface area (Å²) in [4.78, 5) is 22.6. The third-order valence-corrected chi connectivity index (χ3v) is 2.75. The Bertz CT molecular complexity index is 480. The van der Waals surface area contributed by atoms with Crippen LogP contribution in [0, 0.1) is 6.92 Å². The molecule has 5 heteroatoms. The largest absolute Gasteiger partial charge is 0.492 e. The molecule has 0 spiro atoms. The first kappa shape index (κ1) is 13.5. The van der Waals surface area contributed by atoms with Gasteiger partial charge in [0.25, 0.3) is 0 Å². The van der Waals surface area contributed by atoms with Crippen LogP contribution in [-0.4, -0.2) is 23.5 Å². The lowest BCUT2D eigenvalue weighted by molar-refractivity contribution is 0.0691. The number of aromatic carboxylic acids is 1. The molecule has 1 aromatic rings. The summed E-state index contributed by atoms with van der Waals surface area (Å²) in [6.45, 7) is 4.93. The summed E-state index contributed by atoms with van der Waals surface area (Å²) in [5.74, 6) is -1.34. The number of Topliss-reactive ketones (excluding diaryl/α,β-unsaturated/α-hetero) is 1. The second-order valence-corrected chi connectivity index (χ2v) is 3.94. The molecule has 0 saturated carbocycles. The van der Waals surface area contributed by atoms with Gasteiger partial charge in [-0.3, -0.25) is 4.79 Å². The zero-order chi connectivity index (χ0) is 13.2. The highest BCUT2D eigenvalue weighted by atomic mass is 35.5. The van der Waals surface area contributed by atoms with Crippen molar-refractivity contribution in [3.8, 4) is 5.75 Å². The number of ketones is 1. The van der Waals surface area contributed by atoms with Gasteiger partial charge in [-0.1, -0.05) is 11.6 Å². The first-order valence-electron chi connectivity index (χ1n) is 5.10. The van der Waals surface area contributed by atoms with E-state index in [1.54, 1.807) is 13.8 Å². The molecule has 0 fully saturated rings. The summed E-state index contributed by atoms with van der Waals surface area (Å²) >= 11 is 5.91. The first-order chi connectivity index (χ1) is 7.90. The highest BCUT2D eigenvalue weighted by molar-refractivity contribution is 6.32. The van der Waals surface area contributed by atoms with E-state index in [-0.39, 0.29) is 34.3 Å². The number of benzene rings is 1. The Balaban J connectivity index is 3.63. The Kier molecular flexibility index (Phi) is 4.12. The van der Waals surface area contributed by atoms with Gasteiger partial charge in [0.2, 0.25) is 0 Å². The second kappa shape index (κ2) is 5.19. The van der Waals surface area contributed by atoms with E-state index in [4.69, 9.17) is 21.4 Å². The lowest BCUT2D eigenvalue weighted by Crippen LogP contribution is -2.10. The molecule has 17 heavy (non-hydrogen) atoms. The van der Waals surface area contributed by atoms with Crippen LogP contribution in [0.2, 0.25) is 5.02 Å². The molecule has 0 aliphatic rings. The smallest absolute Gasteiger partial charge is 0.339 e. The van der Waals surface area contributed by atoms with Gasteiger partial charge in [-0.2, -0.15) is 0 Å². The molecular formula is C12H13ClO4. The molecular weight excluding hydrogens is 244 g/mol. The minimum absolute atomic E-state index is 0.0513. The average Bonchev–Trinajstić information content (AvgIpc) is 2.22. The zero-order valence-corrected chi connectivity index (χ0v) is 10.6. The maximum Gasteiger partial charge on any atom is 0.339 e. The standard InChI is InChI=1S/C12H13ClO4/c1-4-17-11-8(7(3)14)5-9(13)6(2)10(11)12(15)16/h5H,4H2,1-3H3,(H,15,16). The van der Waals surface area contributed by atoms with Crippen LogP contribution in [0.1, 0.15) is 40.1 Å². The normalized spacial score (nSPS) is 10.1. The topological polar surface area (TPSA) is 63.6 Å². The minimum atomic E-state index is -1.16. The number of hydrogen-bond acceptors (Lipinski definition) is 3. The molecule has 92 valence electrons. The van der Waals surface area contributed by atoms with Crippen LogP contribution in [0.5, 0.6) is 5.75 Å². The van der Waals surface area contributed by atoms with Gasteiger partial charge >= 0.3 is 5.97 Å². The third-order valence-electron chi connectivity index (χ3n) is 2.36. The quantitative estimate of drug-likeness (QED) is 0.842. The molecule has 0 unspecified atom stereocenters. The second-order valence-electron chi connectivity index (χ2n) is 3.53. The van der Waals surface area contributed by atoms with Crippen LogP contribution in [0.3, 0.4) is 0 Å². The van der Waals surface area contributed by atoms with Gasteiger partial charge in [0.1, 0.15) is 11.3 Å². The van der Waals surface area contributed by atoms with E-state index in [0.29, 0.717) is 5.56 Å². The van der Waals surface area contributed by atoms with Gasteiger partial charge in [0, 0.05) is 5.02 Å². The third kappa shape index (κ3) is 2.58. The van der Waals surface area contributed by atoms with Crippen molar-refractivity contribution in [2.75, 3.05) is 6.61 Å². The molecule has 0 atom stereocenters. The van der Waals surface area contributed by atoms with E-state index in [1.807, 2.05) is 0 Å². The predicted molar refractivity (Wildman–Crippen MR) is 64.3 cm³/mol. The molecule has 4 nitrogen and oxygen atoms in total. The summed E-state index contributed by atoms with van der Waals surface area (Å²) in [6, 6.07) is 1.44. The predicted octanol–water partition coefficient (Wildman–Crippen LogP) is 2.95. The van der Waals surface area contributed by atoms with Crippen molar-refractivity contribution in [2.24, 2.45) is 0 Å². The number of carbonyl (C=O) groups is 2. The summed E-state index contributed by atoms with van der Waals surface area (Å²) < 4.78 is 5.27. The number of halogens is 1. The SMILES string of the molecule is CCOc1c(C(C)=O)cc(Cl)c(C)c1C(=O)O. The Morgan fingerprint density at radius 3 is 2.47 bits per heavy atom. The molecule has 0 amide bonds. The molecule has 0 aliphatic heterocycles. The van der Waals surface area contributed by atoms with Crippen molar-refractivity contribution in [1.82, 2.24) is 0 Å². The van der Waals surface area contributed by atoms with E-state index in [1.165, 1.54) is 13.0 Å². The van der Waals surface area contributed by atoms with Gasteiger partial charge in [0.05, 0.1) is 12.2 Å². The van der Waals surface area contributed by atoms with Gasteiger partial charge in [0.15, 0.2) is 5.78 Å². The number of carboxylic acids is 1. The molecule has 0 heterocycles. The lowest BCUT2D eigenvalue weighted by Gasteiger charge is -2.14. The summed E-state index contributed by atoms with van der Waals surface area (Å²) in [5.41, 5.74) is 0.539. The van der Waals surface area contributed by atoms with Crippen molar-refractivity contribution < 1.29 is 19.4 Å². The molecule has 1 rings (SSSR count). The number of rotatable bonds is 4. The Labute approximate surface area is 104 Å². The van der Waals surface area contributed by atoms with Gasteiger partial charge in [-0.15, -0.1) is 0 Å². The van der Waals surface area contributed by atoms with Crippen LogP contribution in [0.25, 0.3) is 0 Å². The molecule has 0 saturated heterocycles. The first-order valence-corrected chi connectivity index (χ1v) is 5.48. The Morgan fingerprint density at radius 2 is 2.06 bits per heavy atom. The van der Waals surface area contributed by atoms with Crippen molar-refractivity contribution in [3.63, 3.8) is 0 Å². The number of ether oxygens (including phenoxy) is 1. The fraction of sp³-hybridized carbons (Fsp3) is 0.333. The van der Waals surface area contributed by atoms with Crippen LogP contribution in [-0.2, 0) is 0 Å². The fourth-order valence-electron chi connectivity index (χ4n) is 1.54. The van der Waals surface area contributed by atoms with E-state index < -0.39 is 5.97 Å². The highest BCUT2D eigenvalue weighted by Crippen LogP contribution is 2.33. The maximum atomic E-state index is 11.4. The van der Waals surface area contributed by atoms with Gasteiger partial charge in [-0.25, -0.2) is 4.79 Å². The summed E-state index contributed by atoms with van der Waals surface area (Å²) in [6.07, 6.45) is 0. The molecule has 1 aromatic carbocycles. The molecule has 0 bridgehead atoms.